The van der Waals surface area contributed by atoms with Crippen molar-refractivity contribution in [3.8, 4) is 0 Å². The van der Waals surface area contributed by atoms with Gasteiger partial charge >= 0.3 is 11.7 Å². The van der Waals surface area contributed by atoms with E-state index in [1.807, 2.05) is 4.98 Å². The second-order valence-electron chi connectivity index (χ2n) is 4.48. The molecule has 1 aromatic rings. The Morgan fingerprint density at radius 1 is 1.41 bits per heavy atom. The summed E-state index contributed by atoms with van der Waals surface area (Å²) in [6.45, 7) is -0.242. The Morgan fingerprint density at radius 2 is 2.14 bits per heavy atom. The number of aliphatic hydroxyl groups excluding tert-OH is 2. The number of nitroso groups, excluding NO2 is 1. The van der Waals surface area contributed by atoms with Crippen LogP contribution in [0.15, 0.2) is 27.1 Å². The number of aromatic nitrogens is 2. The third kappa shape index (κ3) is 3.19. The fraction of sp³-hybridized carbons (Fsp3) is 0.500. The first-order chi connectivity index (χ1) is 10.4. The fourth-order valence-corrected chi connectivity index (χ4v) is 2.03. The molecule has 0 spiro atoms. The second kappa shape index (κ2) is 6.46. The number of amides is 2. The summed E-state index contributed by atoms with van der Waals surface area (Å²) in [5.74, 6) is 0. The maximum Gasteiger partial charge on any atom is 0.337 e. The molecule has 22 heavy (non-hydrogen) atoms. The number of nitrogens with zero attached hydrogens (tertiary/aromatic N) is 2. The smallest absolute Gasteiger partial charge is 0.337 e. The van der Waals surface area contributed by atoms with Gasteiger partial charge in [0.1, 0.15) is 18.3 Å². The van der Waals surface area contributed by atoms with Gasteiger partial charge in [0, 0.05) is 18.8 Å². The molecule has 0 saturated carbocycles. The van der Waals surface area contributed by atoms with Crippen LogP contribution >= 0.6 is 0 Å². The zero-order valence-corrected chi connectivity index (χ0v) is 11.0. The molecule has 0 aromatic carbocycles. The standard InChI is InChI=1S/C10H13N5O7/c16-5-1-2-15(10(20)12-5)8-7(18)6(17)4(22-8)3-11-9(19)13-14-21/h1-2,4,6-8,17-18H,3H2,(H,12,16,20)(H2,11,13,19,21)/t4-,6-,7-,8?/m1/s1. The molecule has 1 saturated heterocycles. The van der Waals surface area contributed by atoms with E-state index in [0.29, 0.717) is 0 Å². The normalized spacial score (nSPS) is 27.4. The summed E-state index contributed by atoms with van der Waals surface area (Å²) in [5, 5.41) is 24.1. The van der Waals surface area contributed by atoms with Gasteiger partial charge in [-0.25, -0.2) is 9.59 Å². The van der Waals surface area contributed by atoms with Crippen LogP contribution in [0.25, 0.3) is 0 Å². The quantitative estimate of drug-likeness (QED) is 0.293. The summed E-state index contributed by atoms with van der Waals surface area (Å²) in [4.78, 5) is 45.5. The lowest BCUT2D eigenvalue weighted by Gasteiger charge is -2.16. The molecular weight excluding hydrogens is 302 g/mol. The molecular formula is C10H13N5O7. The van der Waals surface area contributed by atoms with E-state index in [2.05, 4.69) is 10.6 Å². The van der Waals surface area contributed by atoms with Gasteiger partial charge in [0.2, 0.25) is 0 Å². The van der Waals surface area contributed by atoms with Gasteiger partial charge in [-0.1, -0.05) is 0 Å². The average molecular weight is 315 g/mol. The third-order valence-electron chi connectivity index (χ3n) is 3.07. The Hall–Kier alpha value is -2.57. The Bertz CT molecular complexity index is 670. The minimum Gasteiger partial charge on any atom is -0.387 e. The van der Waals surface area contributed by atoms with Crippen LogP contribution in [0.5, 0.6) is 0 Å². The molecule has 5 N–H and O–H groups in total. The Labute approximate surface area is 121 Å². The summed E-state index contributed by atoms with van der Waals surface area (Å²) >= 11 is 0. The highest BCUT2D eigenvalue weighted by Gasteiger charge is 2.44. The minimum absolute atomic E-state index is 0.242. The largest absolute Gasteiger partial charge is 0.387 e. The summed E-state index contributed by atoms with van der Waals surface area (Å²) < 4.78 is 6.22. The Morgan fingerprint density at radius 3 is 2.77 bits per heavy atom. The number of urea groups is 1. The Balaban J connectivity index is 2.09. The lowest BCUT2D eigenvalue weighted by atomic mass is 10.1. The number of nitrogens with one attached hydrogen (secondary N) is 3. The van der Waals surface area contributed by atoms with Gasteiger partial charge in [-0.3, -0.25) is 14.3 Å². The lowest BCUT2D eigenvalue weighted by Crippen LogP contribution is -2.42. The van der Waals surface area contributed by atoms with Crippen molar-refractivity contribution < 1.29 is 19.7 Å². The number of hydrogen-bond acceptors (Lipinski definition) is 8. The molecule has 1 unspecified atom stereocenters. The molecule has 1 fully saturated rings. The van der Waals surface area contributed by atoms with Crippen molar-refractivity contribution in [1.29, 1.82) is 0 Å². The van der Waals surface area contributed by atoms with E-state index < -0.39 is 41.8 Å². The van der Waals surface area contributed by atoms with Gasteiger partial charge in [0.25, 0.3) is 5.56 Å². The SMILES string of the molecule is O=NNC(=O)NC[C@H]1OC(n2ccc(=O)[nH]c2=O)[C@H](O)[C@@H]1O. The molecule has 0 aliphatic carbocycles. The average Bonchev–Trinajstić information content (AvgIpc) is 2.74. The topological polar surface area (TPSA) is 175 Å². The predicted molar refractivity (Wildman–Crippen MR) is 69.6 cm³/mol. The van der Waals surface area contributed by atoms with Crippen molar-refractivity contribution >= 4 is 6.03 Å². The van der Waals surface area contributed by atoms with Crippen molar-refractivity contribution in [2.75, 3.05) is 6.54 Å². The summed E-state index contributed by atoms with van der Waals surface area (Å²) in [5.41, 5.74) is 0.139. The van der Waals surface area contributed by atoms with Crippen LogP contribution in [0.1, 0.15) is 6.23 Å². The van der Waals surface area contributed by atoms with Gasteiger partial charge in [-0.05, 0) is 0 Å². The summed E-state index contributed by atoms with van der Waals surface area (Å²) in [6.07, 6.45) is -4.01. The van der Waals surface area contributed by atoms with Crippen LogP contribution in [0, 0.1) is 4.91 Å². The highest BCUT2D eigenvalue weighted by atomic mass is 16.6. The van der Waals surface area contributed by atoms with Gasteiger partial charge in [-0.2, -0.15) is 5.43 Å². The molecule has 1 aromatic heterocycles. The van der Waals surface area contributed by atoms with Crippen molar-refractivity contribution in [1.82, 2.24) is 20.3 Å². The summed E-state index contributed by atoms with van der Waals surface area (Å²) in [6, 6.07) is 0.142. The van der Waals surface area contributed by atoms with Crippen LogP contribution < -0.4 is 22.0 Å². The molecule has 0 radical (unpaired) electrons. The number of ether oxygens (including phenoxy) is 1. The number of carbonyl (C=O) groups excluding carboxylic acids is 1. The van der Waals surface area contributed by atoms with Crippen molar-refractivity contribution in [2.24, 2.45) is 5.29 Å². The number of aliphatic hydroxyl groups is 2. The summed E-state index contributed by atoms with van der Waals surface area (Å²) in [7, 11) is 0. The molecule has 4 atom stereocenters. The second-order valence-corrected chi connectivity index (χ2v) is 4.48. The molecule has 1 aliphatic heterocycles. The number of carbonyl (C=O) groups is 1. The molecule has 2 rings (SSSR count). The molecule has 2 amide bonds. The molecule has 12 heteroatoms. The third-order valence-corrected chi connectivity index (χ3v) is 3.07. The monoisotopic (exact) mass is 315 g/mol. The molecule has 1 aliphatic rings. The van der Waals surface area contributed by atoms with Gasteiger partial charge in [0.05, 0.1) is 5.29 Å². The van der Waals surface area contributed by atoms with E-state index in [0.717, 1.165) is 16.8 Å². The zero-order chi connectivity index (χ0) is 16.3. The maximum absolute atomic E-state index is 11.6. The van der Waals surface area contributed by atoms with E-state index in [1.54, 1.807) is 5.43 Å². The van der Waals surface area contributed by atoms with E-state index >= 15 is 0 Å². The number of hydrogen-bond donors (Lipinski definition) is 5. The van der Waals surface area contributed by atoms with Crippen LogP contribution in [0.3, 0.4) is 0 Å². The fourth-order valence-electron chi connectivity index (χ4n) is 2.03. The highest BCUT2D eigenvalue weighted by Crippen LogP contribution is 2.27. The lowest BCUT2D eigenvalue weighted by molar-refractivity contribution is -0.0385. The highest BCUT2D eigenvalue weighted by molar-refractivity contribution is 5.73. The number of aromatic amines is 1. The van der Waals surface area contributed by atoms with E-state index in [9.17, 15) is 29.5 Å². The first kappa shape index (κ1) is 15.8. The molecule has 0 bridgehead atoms. The molecule has 12 nitrogen and oxygen atoms in total. The number of rotatable bonds is 4. The van der Waals surface area contributed by atoms with E-state index in [4.69, 9.17) is 4.74 Å². The number of H-pyrrole nitrogens is 1. The zero-order valence-electron chi connectivity index (χ0n) is 11.0. The van der Waals surface area contributed by atoms with Crippen molar-refractivity contribution in [2.45, 2.75) is 24.5 Å². The Kier molecular flexibility index (Phi) is 4.65. The van der Waals surface area contributed by atoms with E-state index in [1.165, 1.54) is 0 Å². The maximum atomic E-state index is 11.6. The van der Waals surface area contributed by atoms with E-state index in [-0.39, 0.29) is 6.54 Å². The van der Waals surface area contributed by atoms with Crippen LogP contribution in [0.2, 0.25) is 0 Å². The molecule has 2 heterocycles. The van der Waals surface area contributed by atoms with Crippen LogP contribution in [-0.4, -0.2) is 50.7 Å². The van der Waals surface area contributed by atoms with Crippen LogP contribution in [0.4, 0.5) is 4.79 Å². The predicted octanol–water partition coefficient (Wildman–Crippen LogP) is -2.86. The van der Waals surface area contributed by atoms with Gasteiger partial charge < -0.3 is 20.3 Å². The first-order valence-electron chi connectivity index (χ1n) is 6.13. The van der Waals surface area contributed by atoms with Crippen LogP contribution in [-0.2, 0) is 4.74 Å². The van der Waals surface area contributed by atoms with Gasteiger partial charge in [-0.15, -0.1) is 4.91 Å². The van der Waals surface area contributed by atoms with Gasteiger partial charge in [0.15, 0.2) is 6.23 Å². The first-order valence-corrected chi connectivity index (χ1v) is 6.13. The molecule has 120 valence electrons. The van der Waals surface area contributed by atoms with Crippen molar-refractivity contribution in [3.63, 3.8) is 0 Å². The van der Waals surface area contributed by atoms with Crippen molar-refractivity contribution in [3.05, 3.63) is 38.0 Å². The minimum atomic E-state index is -1.46.